The van der Waals surface area contributed by atoms with E-state index in [9.17, 15) is 8.42 Å². The molecule has 0 aliphatic carbocycles. The molecule has 21 heavy (non-hydrogen) atoms. The maximum absolute atomic E-state index is 13.0. The predicted molar refractivity (Wildman–Crippen MR) is 91.7 cm³/mol. The van der Waals surface area contributed by atoms with E-state index in [0.717, 1.165) is 23.3 Å². The molecule has 0 atom stereocenters. The van der Waals surface area contributed by atoms with Crippen molar-refractivity contribution in [3.8, 4) is 0 Å². The SMILES string of the molecule is CCC(CC)N(CC(C)C)S(=O)(=O)c1cc(C)c(CCl)s1. The van der Waals surface area contributed by atoms with Crippen LogP contribution in [-0.2, 0) is 15.9 Å². The Hall–Kier alpha value is -0.100. The third-order valence-electron chi connectivity index (χ3n) is 3.58. The number of halogens is 1. The van der Waals surface area contributed by atoms with Gasteiger partial charge in [0.2, 0.25) is 0 Å². The second kappa shape index (κ2) is 7.95. The van der Waals surface area contributed by atoms with Crippen molar-refractivity contribution in [1.82, 2.24) is 4.31 Å². The lowest BCUT2D eigenvalue weighted by Crippen LogP contribution is -2.41. The lowest BCUT2D eigenvalue weighted by Gasteiger charge is -2.30. The van der Waals surface area contributed by atoms with Gasteiger partial charge in [-0.2, -0.15) is 4.31 Å². The lowest BCUT2D eigenvalue weighted by molar-refractivity contribution is 0.277. The molecular weight excluding hydrogens is 326 g/mol. The van der Waals surface area contributed by atoms with Crippen LogP contribution in [0.25, 0.3) is 0 Å². The van der Waals surface area contributed by atoms with E-state index in [1.54, 1.807) is 10.4 Å². The second-order valence-corrected chi connectivity index (χ2v) is 9.27. The van der Waals surface area contributed by atoms with E-state index in [4.69, 9.17) is 11.6 Å². The molecule has 0 spiro atoms. The third-order valence-corrected chi connectivity index (χ3v) is 7.61. The maximum Gasteiger partial charge on any atom is 0.252 e. The molecular formula is C15H26ClNO2S2. The van der Waals surface area contributed by atoms with Crippen molar-refractivity contribution in [3.63, 3.8) is 0 Å². The minimum atomic E-state index is -3.44. The van der Waals surface area contributed by atoms with Crippen molar-refractivity contribution in [2.75, 3.05) is 6.54 Å². The molecule has 3 nitrogen and oxygen atoms in total. The zero-order valence-corrected chi connectivity index (χ0v) is 15.9. The van der Waals surface area contributed by atoms with E-state index >= 15 is 0 Å². The van der Waals surface area contributed by atoms with Crippen LogP contribution in [0, 0.1) is 12.8 Å². The summed E-state index contributed by atoms with van der Waals surface area (Å²) in [6.45, 7) is 10.7. The predicted octanol–water partition coefficient (Wildman–Crippen LogP) is 4.63. The summed E-state index contributed by atoms with van der Waals surface area (Å²) < 4.78 is 28.1. The summed E-state index contributed by atoms with van der Waals surface area (Å²) in [6, 6.07) is 1.81. The van der Waals surface area contributed by atoms with Crippen molar-refractivity contribution in [2.24, 2.45) is 5.92 Å². The maximum atomic E-state index is 13.0. The molecule has 0 aromatic carbocycles. The highest BCUT2D eigenvalue weighted by Crippen LogP contribution is 2.31. The van der Waals surface area contributed by atoms with E-state index in [0.29, 0.717) is 22.6 Å². The molecule has 0 aliphatic rings. The Bertz CT molecular complexity index is 548. The topological polar surface area (TPSA) is 37.4 Å². The van der Waals surface area contributed by atoms with Crippen molar-refractivity contribution in [1.29, 1.82) is 0 Å². The standard InChI is InChI=1S/C15H26ClNO2S2/c1-6-13(7-2)17(10-11(3)4)21(18,19)15-8-12(5)14(9-16)20-15/h8,11,13H,6-7,9-10H2,1-5H3. The lowest BCUT2D eigenvalue weighted by atomic mass is 10.1. The van der Waals surface area contributed by atoms with E-state index in [1.807, 2.05) is 20.8 Å². The summed E-state index contributed by atoms with van der Waals surface area (Å²) in [7, 11) is -3.44. The highest BCUT2D eigenvalue weighted by molar-refractivity contribution is 7.91. The Morgan fingerprint density at radius 2 is 1.86 bits per heavy atom. The molecule has 0 saturated heterocycles. The number of nitrogens with zero attached hydrogens (tertiary/aromatic N) is 1. The number of thiophene rings is 1. The Labute approximate surface area is 138 Å². The summed E-state index contributed by atoms with van der Waals surface area (Å²) in [5.41, 5.74) is 0.961. The van der Waals surface area contributed by atoms with Crippen molar-refractivity contribution < 1.29 is 8.42 Å². The van der Waals surface area contributed by atoms with Gasteiger partial charge < -0.3 is 0 Å². The number of rotatable bonds is 8. The first kappa shape index (κ1) is 18.9. The van der Waals surface area contributed by atoms with Crippen LogP contribution in [0.2, 0.25) is 0 Å². The molecule has 0 unspecified atom stereocenters. The van der Waals surface area contributed by atoms with E-state index in [1.165, 1.54) is 11.3 Å². The average molecular weight is 352 g/mol. The Morgan fingerprint density at radius 1 is 1.29 bits per heavy atom. The van der Waals surface area contributed by atoms with E-state index in [2.05, 4.69) is 13.8 Å². The summed E-state index contributed by atoms with van der Waals surface area (Å²) >= 11 is 7.18. The third kappa shape index (κ3) is 4.44. The van der Waals surface area contributed by atoms with Crippen molar-refractivity contribution in [3.05, 3.63) is 16.5 Å². The zero-order chi connectivity index (χ0) is 16.2. The summed E-state index contributed by atoms with van der Waals surface area (Å²) in [5.74, 6) is 0.662. The first-order valence-corrected chi connectivity index (χ1v) is 10.2. The fourth-order valence-corrected chi connectivity index (χ4v) is 6.24. The van der Waals surface area contributed by atoms with E-state index < -0.39 is 10.0 Å². The largest absolute Gasteiger partial charge is 0.252 e. The highest BCUT2D eigenvalue weighted by Gasteiger charge is 2.31. The van der Waals surface area contributed by atoms with Crippen LogP contribution in [-0.4, -0.2) is 25.3 Å². The van der Waals surface area contributed by atoms with Gasteiger partial charge in [-0.15, -0.1) is 22.9 Å². The molecule has 0 N–H and O–H groups in total. The van der Waals surface area contributed by atoms with Gasteiger partial charge in [0.25, 0.3) is 10.0 Å². The minimum absolute atomic E-state index is 0.0549. The highest BCUT2D eigenvalue weighted by atomic mass is 35.5. The quantitative estimate of drug-likeness (QED) is 0.640. The van der Waals surface area contributed by atoms with Crippen LogP contribution in [0.3, 0.4) is 0 Å². The molecule has 0 bridgehead atoms. The smallest absolute Gasteiger partial charge is 0.206 e. The second-order valence-electron chi connectivity index (χ2n) is 5.74. The Morgan fingerprint density at radius 3 is 2.24 bits per heavy atom. The van der Waals surface area contributed by atoms with Gasteiger partial charge in [0.1, 0.15) is 4.21 Å². The average Bonchev–Trinajstić information content (AvgIpc) is 2.80. The molecule has 0 fully saturated rings. The molecule has 6 heteroatoms. The van der Waals surface area contributed by atoms with Gasteiger partial charge in [-0.05, 0) is 37.3 Å². The monoisotopic (exact) mass is 351 g/mol. The number of aryl methyl sites for hydroxylation is 1. The van der Waals surface area contributed by atoms with Gasteiger partial charge in [0.15, 0.2) is 0 Å². The number of hydrogen-bond donors (Lipinski definition) is 0. The van der Waals surface area contributed by atoms with Crippen LogP contribution in [0.5, 0.6) is 0 Å². The van der Waals surface area contributed by atoms with Gasteiger partial charge >= 0.3 is 0 Å². The molecule has 122 valence electrons. The van der Waals surface area contributed by atoms with E-state index in [-0.39, 0.29) is 6.04 Å². The molecule has 0 amide bonds. The molecule has 1 aromatic heterocycles. The van der Waals surface area contributed by atoms with Gasteiger partial charge in [0.05, 0.1) is 5.88 Å². The first-order valence-electron chi connectivity index (χ1n) is 7.44. The molecule has 0 aliphatic heterocycles. The molecule has 0 radical (unpaired) electrons. The summed E-state index contributed by atoms with van der Waals surface area (Å²) in [6.07, 6.45) is 1.66. The van der Waals surface area contributed by atoms with Crippen molar-refractivity contribution in [2.45, 2.75) is 63.6 Å². The fraction of sp³-hybridized carbons (Fsp3) is 0.733. The number of sulfonamides is 1. The van der Waals surface area contributed by atoms with Crippen LogP contribution >= 0.6 is 22.9 Å². The Kier molecular flexibility index (Phi) is 7.17. The minimum Gasteiger partial charge on any atom is -0.206 e. The van der Waals surface area contributed by atoms with Gasteiger partial charge in [0, 0.05) is 17.5 Å². The summed E-state index contributed by atoms with van der Waals surface area (Å²) in [5, 5.41) is 0. The van der Waals surface area contributed by atoms with Crippen LogP contribution in [0.4, 0.5) is 0 Å². The van der Waals surface area contributed by atoms with Gasteiger partial charge in [-0.25, -0.2) is 8.42 Å². The normalized spacial score (nSPS) is 12.8. The number of alkyl halides is 1. The molecule has 1 rings (SSSR count). The van der Waals surface area contributed by atoms with Crippen LogP contribution < -0.4 is 0 Å². The molecule has 1 heterocycles. The van der Waals surface area contributed by atoms with Crippen LogP contribution in [0.15, 0.2) is 10.3 Å². The fourth-order valence-electron chi connectivity index (χ4n) is 2.36. The zero-order valence-electron chi connectivity index (χ0n) is 13.5. The number of hydrogen-bond acceptors (Lipinski definition) is 3. The summed E-state index contributed by atoms with van der Waals surface area (Å²) in [4.78, 5) is 0.935. The van der Waals surface area contributed by atoms with Crippen LogP contribution in [0.1, 0.15) is 51.0 Å². The van der Waals surface area contributed by atoms with Crippen molar-refractivity contribution >= 4 is 33.0 Å². The molecule has 0 saturated carbocycles. The first-order chi connectivity index (χ1) is 9.77. The van der Waals surface area contributed by atoms with Gasteiger partial charge in [-0.1, -0.05) is 27.7 Å². The molecule has 1 aromatic rings. The van der Waals surface area contributed by atoms with Gasteiger partial charge in [-0.3, -0.25) is 0 Å². The Balaban J connectivity index is 3.25.